The zero-order chi connectivity index (χ0) is 23.9. The van der Waals surface area contributed by atoms with E-state index in [1.165, 1.54) is 10.6 Å². The van der Waals surface area contributed by atoms with Crippen molar-refractivity contribution in [3.8, 4) is 11.5 Å². The van der Waals surface area contributed by atoms with Crippen LogP contribution < -0.4 is 20.2 Å². The van der Waals surface area contributed by atoms with Crippen molar-refractivity contribution in [3.05, 3.63) is 89.0 Å². The van der Waals surface area contributed by atoms with E-state index in [0.717, 1.165) is 30.5 Å². The van der Waals surface area contributed by atoms with Crippen molar-refractivity contribution in [2.45, 2.75) is 16.3 Å². The Morgan fingerprint density at radius 2 is 1.74 bits per heavy atom. The smallest absolute Gasteiger partial charge is 0.244 e. The molecule has 0 spiro atoms. The van der Waals surface area contributed by atoms with Crippen molar-refractivity contribution in [1.29, 1.82) is 0 Å². The van der Waals surface area contributed by atoms with Gasteiger partial charge < -0.3 is 19.4 Å². The number of pyridine rings is 1. The molecule has 0 bridgehead atoms. The Morgan fingerprint density at radius 3 is 2.53 bits per heavy atom. The Kier molecular flexibility index (Phi) is 5.29. The number of sulfone groups is 1. The number of benzene rings is 3. The maximum atomic E-state index is 13.3. The van der Waals surface area contributed by atoms with Gasteiger partial charge in [-0.15, -0.1) is 0 Å². The Morgan fingerprint density at radius 1 is 1.00 bits per heavy atom. The normalized spacial score (nSPS) is 12.6. The second-order valence-electron chi connectivity index (χ2n) is 7.54. The molecule has 0 saturated heterocycles. The van der Waals surface area contributed by atoms with Gasteiger partial charge in [-0.3, -0.25) is 9.59 Å². The summed E-state index contributed by atoms with van der Waals surface area (Å²) in [6.07, 6.45) is 1.14. The lowest BCUT2D eigenvalue weighted by Crippen LogP contribution is -2.23. The summed E-state index contributed by atoms with van der Waals surface area (Å²) in [5, 5.41) is 2.87. The summed E-state index contributed by atoms with van der Waals surface area (Å²) in [5.74, 6) is 0.0205. The maximum absolute atomic E-state index is 13.3. The zero-order valence-electron chi connectivity index (χ0n) is 17.5. The number of nitrogens with one attached hydrogen (secondary N) is 1. The Balaban J connectivity index is 1.53. The lowest BCUT2D eigenvalue weighted by molar-refractivity contribution is -0.116. The standard InChI is InChI=1S/C24H17FN2O6S/c25-15-5-8-17(9-6-15)34(30,31)22-12-27(19-4-2-1-3-18(19)24(22)29)13-23(28)26-16-7-10-20-21(11-16)33-14-32-20/h1-12H,13-14H2,(H,26,28). The second kappa shape index (κ2) is 8.31. The van der Waals surface area contributed by atoms with Crippen LogP contribution in [-0.2, 0) is 21.2 Å². The number of amides is 1. The van der Waals surface area contributed by atoms with Crippen LogP contribution in [0.25, 0.3) is 10.9 Å². The quantitative estimate of drug-likeness (QED) is 0.440. The van der Waals surface area contributed by atoms with E-state index >= 15 is 0 Å². The first kappa shape index (κ1) is 21.7. The minimum atomic E-state index is -4.26. The van der Waals surface area contributed by atoms with Gasteiger partial charge in [-0.2, -0.15) is 0 Å². The average Bonchev–Trinajstić information content (AvgIpc) is 3.29. The average molecular weight is 480 g/mol. The van der Waals surface area contributed by atoms with Gasteiger partial charge in [0.05, 0.1) is 10.4 Å². The van der Waals surface area contributed by atoms with Gasteiger partial charge in [0.15, 0.2) is 11.5 Å². The van der Waals surface area contributed by atoms with Crippen molar-refractivity contribution < 1.29 is 27.1 Å². The fourth-order valence-electron chi connectivity index (χ4n) is 3.71. The molecule has 0 unspecified atom stereocenters. The molecule has 1 amide bonds. The van der Waals surface area contributed by atoms with Gasteiger partial charge in [0.1, 0.15) is 17.3 Å². The van der Waals surface area contributed by atoms with Gasteiger partial charge in [0, 0.05) is 23.3 Å². The predicted octanol–water partition coefficient (Wildman–Crippen LogP) is 3.34. The highest BCUT2D eigenvalue weighted by Gasteiger charge is 2.24. The van der Waals surface area contributed by atoms with Crippen molar-refractivity contribution in [1.82, 2.24) is 4.57 Å². The van der Waals surface area contributed by atoms with Crippen LogP contribution >= 0.6 is 0 Å². The van der Waals surface area contributed by atoms with Gasteiger partial charge in [0.25, 0.3) is 0 Å². The molecule has 0 radical (unpaired) electrons. The summed E-state index contributed by atoms with van der Waals surface area (Å²) < 4.78 is 51.6. The summed E-state index contributed by atoms with van der Waals surface area (Å²) in [6, 6.07) is 15.5. The summed E-state index contributed by atoms with van der Waals surface area (Å²) in [7, 11) is -4.26. The van der Waals surface area contributed by atoms with Gasteiger partial charge in [-0.1, -0.05) is 12.1 Å². The largest absolute Gasteiger partial charge is 0.454 e. The highest BCUT2D eigenvalue weighted by Crippen LogP contribution is 2.34. The number of nitrogens with zero attached hydrogens (tertiary/aromatic N) is 1. The topological polar surface area (TPSA) is 104 Å². The summed E-state index contributed by atoms with van der Waals surface area (Å²) in [4.78, 5) is 25.1. The number of rotatable bonds is 5. The number of carbonyl (C=O) groups excluding carboxylic acids is 1. The molecule has 3 aromatic carbocycles. The fraction of sp³-hybridized carbons (Fsp3) is 0.0833. The van der Waals surface area contributed by atoms with E-state index in [1.807, 2.05) is 0 Å². The molecular weight excluding hydrogens is 463 g/mol. The third-order valence-electron chi connectivity index (χ3n) is 5.34. The number of carbonyl (C=O) groups is 1. The number of fused-ring (bicyclic) bond motifs is 2. The number of para-hydroxylation sites is 1. The molecule has 2 heterocycles. The number of ether oxygens (including phenoxy) is 2. The minimum Gasteiger partial charge on any atom is -0.454 e. The third-order valence-corrected chi connectivity index (χ3v) is 7.10. The second-order valence-corrected chi connectivity index (χ2v) is 9.46. The first-order valence-electron chi connectivity index (χ1n) is 10.2. The van der Waals surface area contributed by atoms with Crippen molar-refractivity contribution >= 4 is 32.3 Å². The van der Waals surface area contributed by atoms with Crippen molar-refractivity contribution in [3.63, 3.8) is 0 Å². The number of hydrogen-bond acceptors (Lipinski definition) is 6. The van der Waals surface area contributed by atoms with Crippen LogP contribution in [0.15, 0.2) is 87.5 Å². The van der Waals surface area contributed by atoms with Gasteiger partial charge in [-0.05, 0) is 48.5 Å². The summed E-state index contributed by atoms with van der Waals surface area (Å²) in [6.45, 7) is -0.164. The van der Waals surface area contributed by atoms with E-state index in [4.69, 9.17) is 9.47 Å². The molecule has 0 saturated carbocycles. The van der Waals surface area contributed by atoms with Crippen LogP contribution in [0.5, 0.6) is 11.5 Å². The Bertz CT molecular complexity index is 1600. The van der Waals surface area contributed by atoms with E-state index in [-0.39, 0.29) is 23.6 Å². The molecule has 5 rings (SSSR count). The number of aromatic nitrogens is 1. The van der Waals surface area contributed by atoms with E-state index < -0.39 is 31.9 Å². The van der Waals surface area contributed by atoms with Crippen LogP contribution in [-0.4, -0.2) is 25.7 Å². The van der Waals surface area contributed by atoms with Crippen LogP contribution in [0.3, 0.4) is 0 Å². The molecular formula is C24H17FN2O6S. The van der Waals surface area contributed by atoms with E-state index in [2.05, 4.69) is 5.32 Å². The first-order valence-corrected chi connectivity index (χ1v) is 11.6. The third kappa shape index (κ3) is 3.88. The summed E-state index contributed by atoms with van der Waals surface area (Å²) in [5.41, 5.74) is 0.164. The lowest BCUT2D eigenvalue weighted by atomic mass is 10.2. The van der Waals surface area contributed by atoms with E-state index in [9.17, 15) is 22.4 Å². The molecule has 8 nitrogen and oxygen atoms in total. The van der Waals surface area contributed by atoms with Gasteiger partial charge in [-0.25, -0.2) is 12.8 Å². The van der Waals surface area contributed by atoms with Crippen molar-refractivity contribution in [2.24, 2.45) is 0 Å². The molecule has 4 aromatic rings. The zero-order valence-corrected chi connectivity index (χ0v) is 18.3. The SMILES string of the molecule is O=C(Cn1cc(S(=O)(=O)c2ccc(F)cc2)c(=O)c2ccccc21)Nc1ccc2c(c1)OCO2. The van der Waals surface area contributed by atoms with E-state index in [0.29, 0.717) is 22.7 Å². The molecule has 1 aliphatic rings. The highest BCUT2D eigenvalue weighted by molar-refractivity contribution is 7.91. The van der Waals surface area contributed by atoms with Gasteiger partial charge >= 0.3 is 0 Å². The highest BCUT2D eigenvalue weighted by atomic mass is 32.2. The molecule has 34 heavy (non-hydrogen) atoms. The molecule has 10 heteroatoms. The molecule has 1 aliphatic heterocycles. The molecule has 172 valence electrons. The predicted molar refractivity (Wildman–Crippen MR) is 121 cm³/mol. The van der Waals surface area contributed by atoms with Crippen LogP contribution in [0.1, 0.15) is 0 Å². The monoisotopic (exact) mass is 480 g/mol. The summed E-state index contributed by atoms with van der Waals surface area (Å²) >= 11 is 0. The van der Waals surface area contributed by atoms with Crippen LogP contribution in [0, 0.1) is 5.82 Å². The maximum Gasteiger partial charge on any atom is 0.244 e. The first-order chi connectivity index (χ1) is 16.3. The molecule has 0 aliphatic carbocycles. The van der Waals surface area contributed by atoms with Crippen LogP contribution in [0.4, 0.5) is 10.1 Å². The number of hydrogen-bond donors (Lipinski definition) is 1. The van der Waals surface area contributed by atoms with Crippen LogP contribution in [0.2, 0.25) is 0 Å². The number of halogens is 1. The minimum absolute atomic E-state index is 0.0986. The van der Waals surface area contributed by atoms with Gasteiger partial charge in [0.2, 0.25) is 28.0 Å². The molecule has 1 aromatic heterocycles. The van der Waals surface area contributed by atoms with E-state index in [1.54, 1.807) is 36.4 Å². The molecule has 0 fully saturated rings. The Hall–Kier alpha value is -4.18. The number of anilines is 1. The van der Waals surface area contributed by atoms with Crippen molar-refractivity contribution in [2.75, 3.05) is 12.1 Å². The Labute approximate surface area is 193 Å². The molecule has 1 N–H and O–H groups in total. The fourth-order valence-corrected chi connectivity index (χ4v) is 5.08. The molecule has 0 atom stereocenters. The lowest BCUT2D eigenvalue weighted by Gasteiger charge is -2.14.